The number of amides is 1. The molecule has 2 aliphatic carbocycles. The number of benzene rings is 1. The van der Waals surface area contributed by atoms with Crippen LogP contribution in [0.1, 0.15) is 112 Å². The second-order valence-corrected chi connectivity index (χ2v) is 12.4. The summed E-state index contributed by atoms with van der Waals surface area (Å²) in [7, 11) is 1.39. The highest BCUT2D eigenvalue weighted by Crippen LogP contribution is 2.53. The van der Waals surface area contributed by atoms with Crippen LogP contribution >= 0.6 is 11.6 Å². The highest BCUT2D eigenvalue weighted by molar-refractivity contribution is 6.30. The fourth-order valence-electron chi connectivity index (χ4n) is 5.60. The number of carbonyl (C=O) groups is 2. The molecule has 0 radical (unpaired) electrons. The average molecular weight is 515 g/mol. The van der Waals surface area contributed by atoms with E-state index in [1.54, 1.807) is 6.07 Å². The summed E-state index contributed by atoms with van der Waals surface area (Å²) in [5.41, 5.74) is 4.03. The Kier molecular flexibility index (Phi) is 8.13. The Morgan fingerprint density at radius 2 is 1.94 bits per heavy atom. The van der Waals surface area contributed by atoms with Crippen molar-refractivity contribution in [3.05, 3.63) is 45.8 Å². The number of rotatable bonds is 10. The van der Waals surface area contributed by atoms with Gasteiger partial charge in [-0.1, -0.05) is 37.5 Å². The number of halogens is 1. The molecule has 1 amide bonds. The van der Waals surface area contributed by atoms with E-state index in [9.17, 15) is 9.59 Å². The number of nitrogens with one attached hydrogen (secondary N) is 1. The van der Waals surface area contributed by atoms with Crippen LogP contribution in [0.4, 0.5) is 5.69 Å². The third kappa shape index (κ3) is 6.70. The van der Waals surface area contributed by atoms with E-state index >= 15 is 0 Å². The minimum absolute atomic E-state index is 0.115. The standard InChI is InChI=1S/C29H39ClN2O4/c1-17-12-22(30)9-10-23(17)31-24(33)15-20(8-11-25(34)35-5)27-26(19-6-7-19)28(36-32-27)21-13-18(14-21)16-29(2,3)4/h9-10,12,18-21H,6-8,11,13-16H2,1-5H3,(H,31,33). The van der Waals surface area contributed by atoms with Gasteiger partial charge in [-0.3, -0.25) is 9.59 Å². The maximum atomic E-state index is 13.1. The van der Waals surface area contributed by atoms with Crippen molar-refractivity contribution in [1.82, 2.24) is 5.16 Å². The molecule has 1 heterocycles. The first kappa shape index (κ1) is 26.7. The lowest BCUT2D eigenvalue weighted by Gasteiger charge is -2.38. The fraction of sp³-hybridized carbons (Fsp3) is 0.621. The SMILES string of the molecule is COC(=O)CCC(CC(=O)Nc1ccc(Cl)cc1C)c1noc(C2CC(CC(C)(C)C)C2)c1C1CC1. The van der Waals surface area contributed by atoms with Crippen LogP contribution in [0.25, 0.3) is 0 Å². The molecule has 196 valence electrons. The molecular formula is C29H39ClN2O4. The predicted molar refractivity (Wildman–Crippen MR) is 141 cm³/mol. The van der Waals surface area contributed by atoms with Gasteiger partial charge in [0.15, 0.2) is 0 Å². The van der Waals surface area contributed by atoms with Crippen molar-refractivity contribution in [3.63, 3.8) is 0 Å². The van der Waals surface area contributed by atoms with Gasteiger partial charge in [-0.15, -0.1) is 0 Å². The van der Waals surface area contributed by atoms with Gasteiger partial charge in [-0.2, -0.15) is 0 Å². The maximum Gasteiger partial charge on any atom is 0.305 e. The van der Waals surface area contributed by atoms with Gasteiger partial charge in [-0.25, -0.2) is 0 Å². The number of aromatic nitrogens is 1. The molecule has 1 aromatic carbocycles. The summed E-state index contributed by atoms with van der Waals surface area (Å²) in [6.07, 6.45) is 6.68. The Labute approximate surface area is 219 Å². The highest BCUT2D eigenvalue weighted by Gasteiger charge is 2.42. The van der Waals surface area contributed by atoms with Gasteiger partial charge in [0, 0.05) is 41.0 Å². The first-order chi connectivity index (χ1) is 17.0. The molecule has 0 bridgehead atoms. The van der Waals surface area contributed by atoms with Crippen LogP contribution < -0.4 is 5.32 Å². The van der Waals surface area contributed by atoms with Crippen LogP contribution in [0.2, 0.25) is 5.02 Å². The van der Waals surface area contributed by atoms with Crippen LogP contribution in [0.5, 0.6) is 0 Å². The molecule has 0 aliphatic heterocycles. The van der Waals surface area contributed by atoms with Crippen molar-refractivity contribution in [1.29, 1.82) is 0 Å². The number of hydrogen-bond donors (Lipinski definition) is 1. The number of carbonyl (C=O) groups excluding carboxylic acids is 2. The van der Waals surface area contributed by atoms with Gasteiger partial charge in [0.2, 0.25) is 5.91 Å². The monoisotopic (exact) mass is 514 g/mol. The summed E-state index contributed by atoms with van der Waals surface area (Å²) < 4.78 is 10.9. The summed E-state index contributed by atoms with van der Waals surface area (Å²) in [5, 5.41) is 8.19. The Bertz CT molecular complexity index is 1090. The van der Waals surface area contributed by atoms with E-state index in [1.807, 2.05) is 19.1 Å². The lowest BCUT2D eigenvalue weighted by atomic mass is 9.66. The van der Waals surface area contributed by atoms with Crippen molar-refractivity contribution < 1.29 is 18.8 Å². The molecule has 7 heteroatoms. The number of methoxy groups -OCH3 is 1. The second kappa shape index (κ2) is 11.0. The maximum absolute atomic E-state index is 13.1. The molecule has 2 saturated carbocycles. The third-order valence-electron chi connectivity index (χ3n) is 7.48. The molecule has 2 aromatic rings. The molecule has 36 heavy (non-hydrogen) atoms. The lowest BCUT2D eigenvalue weighted by Crippen LogP contribution is -2.26. The van der Waals surface area contributed by atoms with Crippen LogP contribution in [0.3, 0.4) is 0 Å². The van der Waals surface area contributed by atoms with Crippen molar-refractivity contribution in [2.24, 2.45) is 11.3 Å². The van der Waals surface area contributed by atoms with Gasteiger partial charge in [0.1, 0.15) is 5.76 Å². The van der Waals surface area contributed by atoms with Crippen molar-refractivity contribution in [3.8, 4) is 0 Å². The Morgan fingerprint density at radius 3 is 2.56 bits per heavy atom. The molecule has 0 spiro atoms. The minimum Gasteiger partial charge on any atom is -0.469 e. The number of anilines is 1. The minimum atomic E-state index is -0.283. The summed E-state index contributed by atoms with van der Waals surface area (Å²) in [5.74, 6) is 1.99. The van der Waals surface area contributed by atoms with Gasteiger partial charge in [0.25, 0.3) is 0 Å². The molecule has 2 fully saturated rings. The molecule has 6 nitrogen and oxygen atoms in total. The zero-order chi connectivity index (χ0) is 26.0. The topological polar surface area (TPSA) is 81.4 Å². The molecule has 1 aromatic heterocycles. The number of ether oxygens (including phenoxy) is 1. The smallest absolute Gasteiger partial charge is 0.305 e. The number of nitrogens with zero attached hydrogens (tertiary/aromatic N) is 1. The first-order valence-electron chi connectivity index (χ1n) is 13.2. The zero-order valence-corrected chi connectivity index (χ0v) is 22.9. The normalized spacial score (nSPS) is 20.5. The molecule has 1 N–H and O–H groups in total. The molecule has 1 unspecified atom stereocenters. The quantitative estimate of drug-likeness (QED) is 0.332. The van der Waals surface area contributed by atoms with E-state index in [0.29, 0.717) is 28.7 Å². The number of aryl methyl sites for hydroxylation is 1. The highest BCUT2D eigenvalue weighted by atomic mass is 35.5. The number of hydrogen-bond acceptors (Lipinski definition) is 5. The predicted octanol–water partition coefficient (Wildman–Crippen LogP) is 7.51. The average Bonchev–Trinajstić information content (AvgIpc) is 3.53. The van der Waals surface area contributed by atoms with Gasteiger partial charge >= 0.3 is 5.97 Å². The van der Waals surface area contributed by atoms with E-state index in [2.05, 4.69) is 31.2 Å². The van der Waals surface area contributed by atoms with Gasteiger partial charge in [0.05, 0.1) is 12.8 Å². The molecule has 2 aliphatic rings. The van der Waals surface area contributed by atoms with E-state index in [0.717, 1.165) is 54.3 Å². The zero-order valence-electron chi connectivity index (χ0n) is 22.2. The van der Waals surface area contributed by atoms with Crippen LogP contribution in [0.15, 0.2) is 22.7 Å². The summed E-state index contributed by atoms with van der Waals surface area (Å²) in [6.45, 7) is 8.80. The Balaban J connectivity index is 1.52. The summed E-state index contributed by atoms with van der Waals surface area (Å²) in [6, 6.07) is 5.40. The van der Waals surface area contributed by atoms with Gasteiger partial charge < -0.3 is 14.6 Å². The second-order valence-electron chi connectivity index (χ2n) is 11.9. The van der Waals surface area contributed by atoms with E-state index in [-0.39, 0.29) is 30.6 Å². The Morgan fingerprint density at radius 1 is 1.22 bits per heavy atom. The third-order valence-corrected chi connectivity index (χ3v) is 7.72. The molecule has 0 saturated heterocycles. The van der Waals surface area contributed by atoms with Crippen molar-refractivity contribution in [2.75, 3.05) is 12.4 Å². The largest absolute Gasteiger partial charge is 0.469 e. The fourth-order valence-corrected chi connectivity index (χ4v) is 5.83. The Hall–Kier alpha value is -2.34. The molecular weight excluding hydrogens is 476 g/mol. The molecule has 1 atom stereocenters. The van der Waals surface area contributed by atoms with E-state index in [1.165, 1.54) is 19.1 Å². The number of esters is 1. The summed E-state index contributed by atoms with van der Waals surface area (Å²) >= 11 is 6.07. The molecule has 4 rings (SSSR count). The summed E-state index contributed by atoms with van der Waals surface area (Å²) in [4.78, 5) is 25.1. The van der Waals surface area contributed by atoms with E-state index < -0.39 is 0 Å². The van der Waals surface area contributed by atoms with Crippen molar-refractivity contribution in [2.45, 2.75) is 96.8 Å². The van der Waals surface area contributed by atoms with Crippen LogP contribution in [-0.4, -0.2) is 24.1 Å². The lowest BCUT2D eigenvalue weighted by molar-refractivity contribution is -0.141. The van der Waals surface area contributed by atoms with Crippen LogP contribution in [-0.2, 0) is 14.3 Å². The van der Waals surface area contributed by atoms with E-state index in [4.69, 9.17) is 20.9 Å². The van der Waals surface area contributed by atoms with Crippen LogP contribution in [0, 0.1) is 18.3 Å². The first-order valence-corrected chi connectivity index (χ1v) is 13.5. The van der Waals surface area contributed by atoms with Gasteiger partial charge in [-0.05, 0) is 86.5 Å². The van der Waals surface area contributed by atoms with Crippen molar-refractivity contribution >= 4 is 29.2 Å².